The summed E-state index contributed by atoms with van der Waals surface area (Å²) in [6.45, 7) is 6.15. The van der Waals surface area contributed by atoms with E-state index in [1.54, 1.807) is 12.1 Å². The summed E-state index contributed by atoms with van der Waals surface area (Å²) in [6, 6.07) is 5.31. The largest absolute Gasteiger partial charge is 0.380 e. The highest BCUT2D eigenvalue weighted by Crippen LogP contribution is 2.20. The van der Waals surface area contributed by atoms with Crippen molar-refractivity contribution in [3.8, 4) is 0 Å². The third-order valence-corrected chi connectivity index (χ3v) is 2.99. The summed E-state index contributed by atoms with van der Waals surface area (Å²) in [5.74, 6) is -0.226. The zero-order chi connectivity index (χ0) is 12.0. The molecule has 0 amide bonds. The molecule has 1 unspecified atom stereocenters. The van der Waals surface area contributed by atoms with Gasteiger partial charge >= 0.3 is 0 Å². The third kappa shape index (κ3) is 4.20. The van der Waals surface area contributed by atoms with Gasteiger partial charge in [-0.3, -0.25) is 0 Å². The Kier molecular flexibility index (Phi) is 5.95. The molecule has 0 heterocycles. The Bertz CT molecular complexity index is 333. The molecule has 0 saturated carbocycles. The molecule has 4 heteroatoms. The van der Waals surface area contributed by atoms with Crippen LogP contribution < -0.4 is 5.32 Å². The highest BCUT2D eigenvalue weighted by Gasteiger charge is 2.07. The first-order chi connectivity index (χ1) is 7.65. The first-order valence-corrected chi connectivity index (χ1v) is 6.20. The van der Waals surface area contributed by atoms with E-state index in [4.69, 9.17) is 4.74 Å². The molecule has 1 aromatic carbocycles. The Morgan fingerprint density at radius 1 is 1.50 bits per heavy atom. The van der Waals surface area contributed by atoms with E-state index >= 15 is 0 Å². The van der Waals surface area contributed by atoms with E-state index in [2.05, 4.69) is 21.2 Å². The van der Waals surface area contributed by atoms with E-state index in [0.29, 0.717) is 11.1 Å². The number of rotatable bonds is 6. The molecular formula is C12H17BrFNO. The minimum atomic E-state index is -0.226. The summed E-state index contributed by atoms with van der Waals surface area (Å²) >= 11 is 3.14. The van der Waals surface area contributed by atoms with Gasteiger partial charge in [0.25, 0.3) is 0 Å². The Hall–Kier alpha value is -0.450. The molecule has 0 saturated heterocycles. The first-order valence-electron chi connectivity index (χ1n) is 5.41. The molecule has 1 N–H and O–H groups in total. The fraction of sp³-hybridized carbons (Fsp3) is 0.500. The zero-order valence-corrected chi connectivity index (χ0v) is 11.2. The lowest BCUT2D eigenvalue weighted by molar-refractivity contribution is 0.147. The summed E-state index contributed by atoms with van der Waals surface area (Å²) in [6.07, 6.45) is 0. The normalized spacial score (nSPS) is 12.8. The van der Waals surface area contributed by atoms with Gasteiger partial charge in [-0.05, 0) is 47.5 Å². The van der Waals surface area contributed by atoms with Crippen LogP contribution in [-0.2, 0) is 4.74 Å². The molecule has 0 bridgehead atoms. The number of ether oxygens (including phenoxy) is 1. The van der Waals surface area contributed by atoms with E-state index in [-0.39, 0.29) is 11.9 Å². The van der Waals surface area contributed by atoms with E-state index in [1.165, 1.54) is 0 Å². The van der Waals surface area contributed by atoms with Crippen LogP contribution >= 0.6 is 15.9 Å². The van der Waals surface area contributed by atoms with Gasteiger partial charge in [0.1, 0.15) is 5.82 Å². The predicted octanol–water partition coefficient (Wildman–Crippen LogP) is 3.28. The van der Waals surface area contributed by atoms with Crippen LogP contribution in [0.4, 0.5) is 4.39 Å². The molecule has 1 aromatic rings. The van der Waals surface area contributed by atoms with Crippen molar-refractivity contribution < 1.29 is 9.13 Å². The third-order valence-electron chi connectivity index (χ3n) is 2.34. The summed E-state index contributed by atoms with van der Waals surface area (Å²) < 4.78 is 19.0. The first kappa shape index (κ1) is 13.6. The maximum absolute atomic E-state index is 13.3. The van der Waals surface area contributed by atoms with Gasteiger partial charge in [-0.2, -0.15) is 0 Å². The van der Waals surface area contributed by atoms with Crippen LogP contribution in [0.3, 0.4) is 0 Å². The minimum Gasteiger partial charge on any atom is -0.380 e. The van der Waals surface area contributed by atoms with Crippen molar-refractivity contribution >= 4 is 15.9 Å². The van der Waals surface area contributed by atoms with Crippen LogP contribution in [0, 0.1) is 5.82 Å². The molecule has 90 valence electrons. The van der Waals surface area contributed by atoms with Crippen LogP contribution in [0.15, 0.2) is 22.7 Å². The SMILES string of the molecule is CCOCCNC(C)c1ccc(Br)c(F)c1. The van der Waals surface area contributed by atoms with Crippen molar-refractivity contribution in [1.29, 1.82) is 0 Å². The molecule has 0 aliphatic heterocycles. The Balaban J connectivity index is 2.46. The van der Waals surface area contributed by atoms with E-state index in [9.17, 15) is 4.39 Å². The van der Waals surface area contributed by atoms with Gasteiger partial charge in [-0.25, -0.2) is 4.39 Å². The quantitative estimate of drug-likeness (QED) is 0.812. The van der Waals surface area contributed by atoms with Gasteiger partial charge in [0.15, 0.2) is 0 Å². The predicted molar refractivity (Wildman–Crippen MR) is 67.0 cm³/mol. The van der Waals surface area contributed by atoms with Gasteiger partial charge in [-0.15, -0.1) is 0 Å². The topological polar surface area (TPSA) is 21.3 Å². The summed E-state index contributed by atoms with van der Waals surface area (Å²) in [4.78, 5) is 0. The molecule has 0 aromatic heterocycles. The minimum absolute atomic E-state index is 0.128. The zero-order valence-electron chi connectivity index (χ0n) is 9.59. The second kappa shape index (κ2) is 6.99. The van der Waals surface area contributed by atoms with Crippen molar-refractivity contribution in [3.05, 3.63) is 34.1 Å². The van der Waals surface area contributed by atoms with Crippen LogP contribution in [0.1, 0.15) is 25.5 Å². The van der Waals surface area contributed by atoms with Crippen LogP contribution in [0.25, 0.3) is 0 Å². The number of hydrogen-bond donors (Lipinski definition) is 1. The van der Waals surface area contributed by atoms with Crippen molar-refractivity contribution in [1.82, 2.24) is 5.32 Å². The van der Waals surface area contributed by atoms with E-state index < -0.39 is 0 Å². The highest BCUT2D eigenvalue weighted by molar-refractivity contribution is 9.10. The molecule has 0 aliphatic rings. The standard InChI is InChI=1S/C12H17BrFNO/c1-3-16-7-6-15-9(2)10-4-5-11(13)12(14)8-10/h4-5,8-9,15H,3,6-7H2,1-2H3. The average molecular weight is 290 g/mol. The van der Waals surface area contributed by atoms with Crippen molar-refractivity contribution in [3.63, 3.8) is 0 Å². The molecular weight excluding hydrogens is 273 g/mol. The smallest absolute Gasteiger partial charge is 0.137 e. The Labute approximate surface area is 104 Å². The van der Waals surface area contributed by atoms with Gasteiger partial charge in [0.2, 0.25) is 0 Å². The second-order valence-electron chi connectivity index (χ2n) is 3.55. The lowest BCUT2D eigenvalue weighted by atomic mass is 10.1. The summed E-state index contributed by atoms with van der Waals surface area (Å²) in [5, 5.41) is 3.27. The summed E-state index contributed by atoms with van der Waals surface area (Å²) in [7, 11) is 0. The lowest BCUT2D eigenvalue weighted by Gasteiger charge is -2.14. The molecule has 16 heavy (non-hydrogen) atoms. The fourth-order valence-electron chi connectivity index (χ4n) is 1.39. The fourth-order valence-corrected chi connectivity index (χ4v) is 1.64. The van der Waals surface area contributed by atoms with Crippen LogP contribution in [-0.4, -0.2) is 19.8 Å². The van der Waals surface area contributed by atoms with Crippen molar-refractivity contribution in [2.24, 2.45) is 0 Å². The average Bonchev–Trinajstić information content (AvgIpc) is 2.28. The van der Waals surface area contributed by atoms with Gasteiger partial charge < -0.3 is 10.1 Å². The highest BCUT2D eigenvalue weighted by atomic mass is 79.9. The van der Waals surface area contributed by atoms with Crippen molar-refractivity contribution in [2.75, 3.05) is 19.8 Å². The molecule has 1 rings (SSSR count). The number of hydrogen-bond acceptors (Lipinski definition) is 2. The van der Waals surface area contributed by atoms with Crippen LogP contribution in [0.2, 0.25) is 0 Å². The Morgan fingerprint density at radius 2 is 2.25 bits per heavy atom. The van der Waals surface area contributed by atoms with Gasteiger partial charge in [0.05, 0.1) is 11.1 Å². The summed E-state index contributed by atoms with van der Waals surface area (Å²) in [5.41, 5.74) is 0.942. The molecule has 1 atom stereocenters. The molecule has 2 nitrogen and oxygen atoms in total. The number of benzene rings is 1. The van der Waals surface area contributed by atoms with Crippen molar-refractivity contribution in [2.45, 2.75) is 19.9 Å². The van der Waals surface area contributed by atoms with Crippen LogP contribution in [0.5, 0.6) is 0 Å². The Morgan fingerprint density at radius 3 is 2.88 bits per heavy atom. The maximum atomic E-state index is 13.3. The lowest BCUT2D eigenvalue weighted by Crippen LogP contribution is -2.23. The molecule has 0 spiro atoms. The molecule has 0 fully saturated rings. The monoisotopic (exact) mass is 289 g/mol. The maximum Gasteiger partial charge on any atom is 0.137 e. The van der Waals surface area contributed by atoms with E-state index in [1.807, 2.05) is 19.9 Å². The second-order valence-corrected chi connectivity index (χ2v) is 4.40. The molecule has 0 aliphatic carbocycles. The number of halogens is 2. The molecule has 0 radical (unpaired) electrons. The van der Waals surface area contributed by atoms with Gasteiger partial charge in [-0.1, -0.05) is 6.07 Å². The van der Waals surface area contributed by atoms with Gasteiger partial charge in [0, 0.05) is 19.2 Å². The van der Waals surface area contributed by atoms with E-state index in [0.717, 1.165) is 18.7 Å². The number of nitrogens with one attached hydrogen (secondary N) is 1.